The van der Waals surface area contributed by atoms with Crippen molar-refractivity contribution in [3.8, 4) is 0 Å². The van der Waals surface area contributed by atoms with Crippen molar-refractivity contribution in [2.45, 2.75) is 50.8 Å². The molecule has 2 aliphatic heterocycles. The monoisotopic (exact) mass is 514 g/mol. The fourth-order valence-electron chi connectivity index (χ4n) is 4.53. The lowest BCUT2D eigenvalue weighted by molar-refractivity contribution is -0.139. The number of piperidine rings is 1. The molecule has 1 aromatic heterocycles. The maximum atomic E-state index is 15.0. The number of hydrogen-bond donors (Lipinski definition) is 4. The first kappa shape index (κ1) is 26.3. The zero-order valence-electron chi connectivity index (χ0n) is 20.4. The van der Waals surface area contributed by atoms with E-state index in [1.54, 1.807) is 34.9 Å². The highest BCUT2D eigenvalue weighted by Crippen LogP contribution is 2.30. The number of amides is 2. The SMILES string of the molecule is O=C(N[C@@H](CNC(=O)C1CCCn2c(/C(F)=C/C3CCNCC3)nnc21)C(=O)O)OCc1ccccc1. The van der Waals surface area contributed by atoms with Crippen molar-refractivity contribution in [1.82, 2.24) is 30.7 Å². The maximum absolute atomic E-state index is 15.0. The molecule has 1 aromatic carbocycles. The smallest absolute Gasteiger partial charge is 0.408 e. The van der Waals surface area contributed by atoms with Gasteiger partial charge in [0.2, 0.25) is 5.91 Å². The quantitative estimate of drug-likeness (QED) is 0.397. The first-order chi connectivity index (χ1) is 17.9. The molecule has 4 rings (SSSR count). The molecule has 12 heteroatoms. The third-order valence-electron chi connectivity index (χ3n) is 6.54. The van der Waals surface area contributed by atoms with Crippen LogP contribution < -0.4 is 16.0 Å². The van der Waals surface area contributed by atoms with Gasteiger partial charge < -0.3 is 30.4 Å². The topological polar surface area (TPSA) is 147 Å². The van der Waals surface area contributed by atoms with Gasteiger partial charge in [0.25, 0.3) is 0 Å². The first-order valence-corrected chi connectivity index (χ1v) is 12.4. The minimum Gasteiger partial charge on any atom is -0.480 e. The lowest BCUT2D eigenvalue weighted by Gasteiger charge is -2.24. The number of rotatable bonds is 9. The van der Waals surface area contributed by atoms with Crippen molar-refractivity contribution in [1.29, 1.82) is 0 Å². The van der Waals surface area contributed by atoms with Crippen LogP contribution in [0, 0.1) is 5.92 Å². The van der Waals surface area contributed by atoms with Gasteiger partial charge in [0.1, 0.15) is 18.5 Å². The highest BCUT2D eigenvalue weighted by atomic mass is 19.1. The molecule has 37 heavy (non-hydrogen) atoms. The zero-order chi connectivity index (χ0) is 26.2. The van der Waals surface area contributed by atoms with Gasteiger partial charge >= 0.3 is 12.1 Å². The molecular formula is C25H31FN6O5. The summed E-state index contributed by atoms with van der Waals surface area (Å²) in [5.41, 5.74) is 0.751. The molecule has 3 heterocycles. The number of allylic oxidation sites excluding steroid dienone is 1. The summed E-state index contributed by atoms with van der Waals surface area (Å²) in [4.78, 5) is 36.6. The summed E-state index contributed by atoms with van der Waals surface area (Å²) in [5.74, 6) is -2.37. The summed E-state index contributed by atoms with van der Waals surface area (Å²) in [5, 5.41) is 25.7. The average molecular weight is 515 g/mol. The Morgan fingerprint density at radius 2 is 1.95 bits per heavy atom. The molecule has 1 unspecified atom stereocenters. The normalized spacial score (nSPS) is 18.9. The maximum Gasteiger partial charge on any atom is 0.408 e. The van der Waals surface area contributed by atoms with Gasteiger partial charge in [-0.1, -0.05) is 30.3 Å². The average Bonchev–Trinajstić information content (AvgIpc) is 3.35. The fourth-order valence-corrected chi connectivity index (χ4v) is 4.53. The number of carboxylic acid groups (broad SMARTS) is 1. The predicted molar refractivity (Wildman–Crippen MR) is 131 cm³/mol. The van der Waals surface area contributed by atoms with E-state index in [-0.39, 0.29) is 24.9 Å². The van der Waals surface area contributed by atoms with Crippen molar-refractivity contribution in [2.75, 3.05) is 19.6 Å². The number of fused-ring (bicyclic) bond motifs is 1. The Morgan fingerprint density at radius 1 is 1.19 bits per heavy atom. The molecule has 0 aliphatic carbocycles. The van der Waals surface area contributed by atoms with Gasteiger partial charge in [0, 0.05) is 13.1 Å². The number of aromatic nitrogens is 3. The Hall–Kier alpha value is -3.80. The number of halogens is 1. The lowest BCUT2D eigenvalue weighted by Crippen LogP contribution is -2.49. The molecule has 198 valence electrons. The summed E-state index contributed by atoms with van der Waals surface area (Å²) in [6.07, 6.45) is 3.44. The number of carbonyl (C=O) groups excluding carboxylic acids is 2. The van der Waals surface area contributed by atoms with E-state index in [2.05, 4.69) is 26.1 Å². The Labute approximate surface area is 213 Å². The van der Waals surface area contributed by atoms with Crippen molar-refractivity contribution in [3.05, 3.63) is 53.6 Å². The molecule has 0 radical (unpaired) electrons. The van der Waals surface area contributed by atoms with Gasteiger partial charge in [-0.25, -0.2) is 14.0 Å². The first-order valence-electron chi connectivity index (χ1n) is 12.4. The third kappa shape index (κ3) is 6.91. The van der Waals surface area contributed by atoms with E-state index in [1.165, 1.54) is 0 Å². The summed E-state index contributed by atoms with van der Waals surface area (Å²) >= 11 is 0. The second-order valence-electron chi connectivity index (χ2n) is 9.17. The number of benzene rings is 1. The van der Waals surface area contributed by atoms with Crippen LogP contribution in [0.15, 0.2) is 36.4 Å². The largest absolute Gasteiger partial charge is 0.480 e. The van der Waals surface area contributed by atoms with Crippen molar-refractivity contribution < 1.29 is 28.6 Å². The van der Waals surface area contributed by atoms with Gasteiger partial charge in [0.05, 0.1) is 5.92 Å². The van der Waals surface area contributed by atoms with E-state index in [9.17, 15) is 19.5 Å². The highest BCUT2D eigenvalue weighted by molar-refractivity contribution is 5.85. The molecule has 0 saturated carbocycles. The molecule has 1 fully saturated rings. The van der Waals surface area contributed by atoms with Crippen LogP contribution in [-0.2, 0) is 27.5 Å². The van der Waals surface area contributed by atoms with Crippen LogP contribution in [0.4, 0.5) is 9.18 Å². The Morgan fingerprint density at radius 3 is 2.68 bits per heavy atom. The number of nitrogens with zero attached hydrogens (tertiary/aromatic N) is 3. The molecule has 2 atom stereocenters. The van der Waals surface area contributed by atoms with Gasteiger partial charge in [-0.15, -0.1) is 10.2 Å². The molecule has 4 N–H and O–H groups in total. The van der Waals surface area contributed by atoms with Crippen LogP contribution >= 0.6 is 0 Å². The second kappa shape index (κ2) is 12.4. The Balaban J connectivity index is 1.34. The molecule has 11 nitrogen and oxygen atoms in total. The summed E-state index contributed by atoms with van der Waals surface area (Å²) in [6.45, 7) is 1.79. The number of alkyl carbamates (subject to hydrolysis) is 1. The van der Waals surface area contributed by atoms with Crippen molar-refractivity contribution in [2.24, 2.45) is 5.92 Å². The minimum atomic E-state index is -1.39. The number of carboxylic acids is 1. The number of nitrogens with one attached hydrogen (secondary N) is 3. The number of aliphatic carboxylic acids is 1. The van der Waals surface area contributed by atoms with Crippen LogP contribution in [0.1, 0.15) is 48.8 Å². The van der Waals surface area contributed by atoms with Crippen LogP contribution in [0.25, 0.3) is 5.83 Å². The standard InChI is InChI=1S/C25H31FN6O5/c26-19(13-16-8-10-27-11-9-16)22-31-30-21-18(7-4-12-32(21)22)23(33)28-14-20(24(34)35)29-25(36)37-15-17-5-2-1-3-6-17/h1-3,5-6,13,16,18,20,27H,4,7-12,14-15H2,(H,28,33)(H,29,36)(H,34,35)/b19-13-/t18?,20-/m0/s1. The summed E-state index contributed by atoms with van der Waals surface area (Å²) in [7, 11) is 0. The fraction of sp³-hybridized carbons (Fsp3) is 0.480. The van der Waals surface area contributed by atoms with E-state index < -0.39 is 35.8 Å². The van der Waals surface area contributed by atoms with Gasteiger partial charge in [-0.05, 0) is 56.3 Å². The van der Waals surface area contributed by atoms with Crippen molar-refractivity contribution >= 4 is 23.8 Å². The number of hydrogen-bond acceptors (Lipinski definition) is 7. The molecule has 0 spiro atoms. The lowest BCUT2D eigenvalue weighted by atomic mass is 9.96. The summed E-state index contributed by atoms with van der Waals surface area (Å²) in [6, 6.07) is 7.55. The van der Waals surface area contributed by atoms with Crippen LogP contribution in [0.3, 0.4) is 0 Å². The van der Waals surface area contributed by atoms with E-state index in [1.807, 2.05) is 6.07 Å². The van der Waals surface area contributed by atoms with E-state index in [4.69, 9.17) is 4.74 Å². The second-order valence-corrected chi connectivity index (χ2v) is 9.17. The van der Waals surface area contributed by atoms with Crippen LogP contribution in [0.2, 0.25) is 0 Å². The molecular weight excluding hydrogens is 483 g/mol. The van der Waals surface area contributed by atoms with Gasteiger partial charge in [-0.3, -0.25) is 4.79 Å². The molecule has 1 saturated heterocycles. The van der Waals surface area contributed by atoms with E-state index >= 15 is 4.39 Å². The minimum absolute atomic E-state index is 0.0198. The Bertz CT molecular complexity index is 1130. The van der Waals surface area contributed by atoms with E-state index in [0.29, 0.717) is 25.2 Å². The molecule has 2 amide bonds. The molecule has 2 aliphatic rings. The number of ether oxygens (including phenoxy) is 1. The van der Waals surface area contributed by atoms with Gasteiger partial charge in [-0.2, -0.15) is 0 Å². The molecule has 2 aromatic rings. The predicted octanol–water partition coefficient (Wildman–Crippen LogP) is 1.96. The van der Waals surface area contributed by atoms with Crippen LogP contribution in [0.5, 0.6) is 0 Å². The van der Waals surface area contributed by atoms with Gasteiger partial charge in [0.15, 0.2) is 11.7 Å². The zero-order valence-corrected chi connectivity index (χ0v) is 20.4. The third-order valence-corrected chi connectivity index (χ3v) is 6.54. The number of carbonyl (C=O) groups is 3. The highest BCUT2D eigenvalue weighted by Gasteiger charge is 2.33. The Kier molecular flexibility index (Phi) is 8.83. The van der Waals surface area contributed by atoms with E-state index in [0.717, 1.165) is 31.5 Å². The van der Waals surface area contributed by atoms with Crippen LogP contribution in [-0.4, -0.2) is 63.5 Å². The van der Waals surface area contributed by atoms with Crippen molar-refractivity contribution in [3.63, 3.8) is 0 Å². The molecule has 0 bridgehead atoms. The summed E-state index contributed by atoms with van der Waals surface area (Å²) < 4.78 is 21.7.